The second-order valence-corrected chi connectivity index (χ2v) is 4.50. The molecule has 0 bridgehead atoms. The van der Waals surface area contributed by atoms with Gasteiger partial charge in [-0.25, -0.2) is 14.8 Å². The lowest BCUT2D eigenvalue weighted by Gasteiger charge is -2.07. The van der Waals surface area contributed by atoms with E-state index in [0.29, 0.717) is 18.4 Å². The van der Waals surface area contributed by atoms with Gasteiger partial charge in [0.25, 0.3) is 0 Å². The van der Waals surface area contributed by atoms with Gasteiger partial charge in [-0.05, 0) is 18.3 Å². The van der Waals surface area contributed by atoms with Crippen molar-refractivity contribution in [1.29, 1.82) is 0 Å². The number of esters is 1. The lowest BCUT2D eigenvalue weighted by atomic mass is 10.3. The molecule has 0 saturated heterocycles. The summed E-state index contributed by atoms with van der Waals surface area (Å²) in [7, 11) is 1.27. The monoisotopic (exact) mass is 256 g/mol. The molecule has 0 amide bonds. The van der Waals surface area contributed by atoms with Gasteiger partial charge in [-0.2, -0.15) is 0 Å². The first kappa shape index (κ1) is 12.1. The molecule has 1 aliphatic carbocycles. The molecule has 0 spiro atoms. The van der Waals surface area contributed by atoms with E-state index in [-0.39, 0.29) is 16.6 Å². The van der Waals surface area contributed by atoms with Crippen LogP contribution < -0.4 is 4.74 Å². The predicted molar refractivity (Wildman–Crippen MR) is 61.1 cm³/mol. The van der Waals surface area contributed by atoms with Crippen molar-refractivity contribution in [2.45, 2.75) is 13.3 Å². The zero-order valence-electron chi connectivity index (χ0n) is 9.64. The van der Waals surface area contributed by atoms with Gasteiger partial charge in [0.15, 0.2) is 5.69 Å². The topological polar surface area (TPSA) is 61.3 Å². The molecule has 1 fully saturated rings. The SMILES string of the molecule is COC(=O)c1ncnc(OC[C@H]2CC2C)c1Cl. The number of nitrogens with zero attached hydrogens (tertiary/aromatic N) is 2. The van der Waals surface area contributed by atoms with Crippen molar-refractivity contribution in [2.75, 3.05) is 13.7 Å². The number of ether oxygens (including phenoxy) is 2. The van der Waals surface area contributed by atoms with Crippen LogP contribution in [-0.4, -0.2) is 29.7 Å². The molecule has 5 nitrogen and oxygen atoms in total. The summed E-state index contributed by atoms with van der Waals surface area (Å²) < 4.78 is 10.0. The standard InChI is InChI=1S/C11H13ClN2O3/c1-6-3-7(6)4-17-10-8(12)9(11(15)16-2)13-5-14-10/h5-7H,3-4H2,1-2H3/t6?,7-/m1/s1. The zero-order valence-corrected chi connectivity index (χ0v) is 10.4. The van der Waals surface area contributed by atoms with E-state index in [0.717, 1.165) is 6.42 Å². The molecule has 1 saturated carbocycles. The van der Waals surface area contributed by atoms with Crippen molar-refractivity contribution in [2.24, 2.45) is 11.8 Å². The zero-order chi connectivity index (χ0) is 12.4. The molecular weight excluding hydrogens is 244 g/mol. The summed E-state index contributed by atoms with van der Waals surface area (Å²) in [6.45, 7) is 2.73. The van der Waals surface area contributed by atoms with Crippen LogP contribution in [0, 0.1) is 11.8 Å². The first-order valence-corrected chi connectivity index (χ1v) is 5.73. The summed E-state index contributed by atoms with van der Waals surface area (Å²) in [5.41, 5.74) is 0.0306. The van der Waals surface area contributed by atoms with E-state index in [1.165, 1.54) is 13.4 Å². The van der Waals surface area contributed by atoms with Crippen LogP contribution in [0.25, 0.3) is 0 Å². The third-order valence-corrected chi connectivity index (χ3v) is 3.19. The van der Waals surface area contributed by atoms with Crippen LogP contribution in [0.2, 0.25) is 5.02 Å². The first-order chi connectivity index (χ1) is 8.13. The summed E-state index contributed by atoms with van der Waals surface area (Å²) in [6, 6.07) is 0. The maximum atomic E-state index is 11.3. The molecule has 2 rings (SSSR count). The Hall–Kier alpha value is -1.36. The van der Waals surface area contributed by atoms with Crippen LogP contribution in [-0.2, 0) is 4.74 Å². The molecule has 0 aromatic carbocycles. The molecule has 1 aliphatic rings. The summed E-state index contributed by atoms with van der Waals surface area (Å²) in [4.78, 5) is 19.0. The maximum Gasteiger partial charge on any atom is 0.358 e. The number of rotatable bonds is 4. The molecule has 1 aromatic heterocycles. The summed E-state index contributed by atoms with van der Waals surface area (Å²) >= 11 is 5.97. The number of carbonyl (C=O) groups excluding carboxylic acids is 1. The van der Waals surface area contributed by atoms with Crippen molar-refractivity contribution in [3.8, 4) is 5.88 Å². The Labute approximate surface area is 104 Å². The van der Waals surface area contributed by atoms with Gasteiger partial charge < -0.3 is 9.47 Å². The van der Waals surface area contributed by atoms with Gasteiger partial charge in [-0.1, -0.05) is 18.5 Å². The van der Waals surface area contributed by atoms with Crippen LogP contribution in [0.3, 0.4) is 0 Å². The Kier molecular flexibility index (Phi) is 3.47. The van der Waals surface area contributed by atoms with Crippen LogP contribution >= 0.6 is 11.6 Å². The van der Waals surface area contributed by atoms with Crippen molar-refractivity contribution in [3.05, 3.63) is 17.0 Å². The minimum atomic E-state index is -0.595. The van der Waals surface area contributed by atoms with Gasteiger partial charge >= 0.3 is 5.97 Å². The minimum Gasteiger partial charge on any atom is -0.476 e. The van der Waals surface area contributed by atoms with Gasteiger partial charge in [0.1, 0.15) is 11.3 Å². The van der Waals surface area contributed by atoms with Crippen LogP contribution in [0.1, 0.15) is 23.8 Å². The fourth-order valence-electron chi connectivity index (χ4n) is 1.51. The van der Waals surface area contributed by atoms with Gasteiger partial charge in [-0.15, -0.1) is 0 Å². The van der Waals surface area contributed by atoms with Crippen LogP contribution in [0.4, 0.5) is 0 Å². The van der Waals surface area contributed by atoms with E-state index in [4.69, 9.17) is 16.3 Å². The Balaban J connectivity index is 2.08. The number of aromatic nitrogens is 2. The highest BCUT2D eigenvalue weighted by molar-refractivity contribution is 6.34. The van der Waals surface area contributed by atoms with E-state index in [2.05, 4.69) is 21.6 Å². The Morgan fingerprint density at radius 3 is 2.88 bits per heavy atom. The van der Waals surface area contributed by atoms with E-state index < -0.39 is 5.97 Å². The van der Waals surface area contributed by atoms with E-state index >= 15 is 0 Å². The highest BCUT2D eigenvalue weighted by Crippen LogP contribution is 2.38. The number of hydrogen-bond donors (Lipinski definition) is 0. The highest BCUT2D eigenvalue weighted by Gasteiger charge is 2.33. The maximum absolute atomic E-state index is 11.3. The van der Waals surface area contributed by atoms with Crippen molar-refractivity contribution in [3.63, 3.8) is 0 Å². The second-order valence-electron chi connectivity index (χ2n) is 4.12. The Morgan fingerprint density at radius 1 is 1.59 bits per heavy atom. The Morgan fingerprint density at radius 2 is 2.29 bits per heavy atom. The minimum absolute atomic E-state index is 0.0306. The van der Waals surface area contributed by atoms with E-state index in [9.17, 15) is 4.79 Å². The van der Waals surface area contributed by atoms with Crippen molar-refractivity contribution < 1.29 is 14.3 Å². The lowest BCUT2D eigenvalue weighted by molar-refractivity contribution is 0.0593. The summed E-state index contributed by atoms with van der Waals surface area (Å²) in [6.07, 6.45) is 2.40. The number of carbonyl (C=O) groups is 1. The molecule has 0 aliphatic heterocycles. The molecule has 1 heterocycles. The lowest BCUT2D eigenvalue weighted by Crippen LogP contribution is -2.09. The first-order valence-electron chi connectivity index (χ1n) is 5.35. The molecule has 0 radical (unpaired) electrons. The van der Waals surface area contributed by atoms with E-state index in [1.807, 2.05) is 0 Å². The normalized spacial score (nSPS) is 22.1. The second kappa shape index (κ2) is 4.87. The van der Waals surface area contributed by atoms with Crippen molar-refractivity contribution >= 4 is 17.6 Å². The average Bonchev–Trinajstić information content (AvgIpc) is 3.03. The number of methoxy groups -OCH3 is 1. The van der Waals surface area contributed by atoms with Gasteiger partial charge in [-0.3, -0.25) is 0 Å². The summed E-state index contributed by atoms with van der Waals surface area (Å²) in [5, 5.41) is 0.104. The third kappa shape index (κ3) is 2.66. The van der Waals surface area contributed by atoms with Crippen molar-refractivity contribution in [1.82, 2.24) is 9.97 Å². The Bertz CT molecular complexity index is 439. The van der Waals surface area contributed by atoms with Gasteiger partial charge in [0.2, 0.25) is 5.88 Å². The fourth-order valence-corrected chi connectivity index (χ4v) is 1.74. The molecular formula is C11H13ClN2O3. The van der Waals surface area contributed by atoms with Gasteiger partial charge in [0.05, 0.1) is 13.7 Å². The highest BCUT2D eigenvalue weighted by atomic mass is 35.5. The number of hydrogen-bond acceptors (Lipinski definition) is 5. The van der Waals surface area contributed by atoms with Crippen LogP contribution in [0.5, 0.6) is 5.88 Å². The van der Waals surface area contributed by atoms with Gasteiger partial charge in [0, 0.05) is 0 Å². The summed E-state index contributed by atoms with van der Waals surface area (Å²) in [5.74, 6) is 0.890. The average molecular weight is 257 g/mol. The number of halogens is 1. The molecule has 17 heavy (non-hydrogen) atoms. The molecule has 2 atom stereocenters. The van der Waals surface area contributed by atoms with E-state index in [1.54, 1.807) is 0 Å². The fraction of sp³-hybridized carbons (Fsp3) is 0.545. The molecule has 1 aromatic rings. The molecule has 1 unspecified atom stereocenters. The largest absolute Gasteiger partial charge is 0.476 e. The van der Waals surface area contributed by atoms with Crippen LogP contribution in [0.15, 0.2) is 6.33 Å². The smallest absolute Gasteiger partial charge is 0.358 e. The molecule has 92 valence electrons. The molecule has 6 heteroatoms. The third-order valence-electron chi connectivity index (χ3n) is 2.85. The predicted octanol–water partition coefficient (Wildman–Crippen LogP) is 1.95. The quantitative estimate of drug-likeness (QED) is 0.771. The molecule has 0 N–H and O–H groups in total.